The zero-order valence-corrected chi connectivity index (χ0v) is 11.9. The van der Waals surface area contributed by atoms with Crippen LogP contribution in [0.5, 0.6) is 0 Å². The molecule has 4 N–H and O–H groups in total. The summed E-state index contributed by atoms with van der Waals surface area (Å²) in [6.45, 7) is 3.07. The van der Waals surface area contributed by atoms with E-state index < -0.39 is 0 Å². The molecule has 19 heavy (non-hydrogen) atoms. The van der Waals surface area contributed by atoms with E-state index >= 15 is 0 Å². The lowest BCUT2D eigenvalue weighted by Crippen LogP contribution is -2.41. The first kappa shape index (κ1) is 16.0. The van der Waals surface area contributed by atoms with Crippen LogP contribution in [0.4, 0.5) is 0 Å². The minimum absolute atomic E-state index is 0.0232. The molecule has 1 atom stereocenters. The Morgan fingerprint density at radius 3 is 2.58 bits per heavy atom. The molecule has 0 spiro atoms. The molecule has 1 saturated carbocycles. The maximum absolute atomic E-state index is 12.0. The number of rotatable bonds is 7. The first-order valence-corrected chi connectivity index (χ1v) is 7.40. The van der Waals surface area contributed by atoms with Crippen molar-refractivity contribution in [1.82, 2.24) is 10.6 Å². The largest absolute Gasteiger partial charge is 0.356 e. The van der Waals surface area contributed by atoms with Crippen LogP contribution in [-0.2, 0) is 9.59 Å². The van der Waals surface area contributed by atoms with Crippen LogP contribution in [0.1, 0.15) is 51.9 Å². The molecular formula is C14H27N3O2. The van der Waals surface area contributed by atoms with E-state index in [2.05, 4.69) is 10.6 Å². The molecule has 2 amide bonds. The molecule has 0 bridgehead atoms. The number of nitrogens with one attached hydrogen (secondary N) is 2. The van der Waals surface area contributed by atoms with Crippen LogP contribution in [-0.4, -0.2) is 30.9 Å². The topological polar surface area (TPSA) is 84.2 Å². The zero-order chi connectivity index (χ0) is 14.1. The first-order chi connectivity index (χ1) is 9.13. The van der Waals surface area contributed by atoms with E-state index in [9.17, 15) is 9.59 Å². The van der Waals surface area contributed by atoms with E-state index in [1.807, 2.05) is 6.92 Å². The lowest BCUT2D eigenvalue weighted by Gasteiger charge is -2.23. The predicted octanol–water partition coefficient (Wildman–Crippen LogP) is 0.927. The predicted molar refractivity (Wildman–Crippen MR) is 75.5 cm³/mol. The summed E-state index contributed by atoms with van der Waals surface area (Å²) in [4.78, 5) is 23.6. The molecule has 0 aromatic rings. The molecule has 5 heteroatoms. The Morgan fingerprint density at radius 1 is 1.26 bits per heavy atom. The fourth-order valence-electron chi connectivity index (χ4n) is 2.46. The van der Waals surface area contributed by atoms with E-state index in [4.69, 9.17) is 5.73 Å². The van der Waals surface area contributed by atoms with Gasteiger partial charge in [-0.1, -0.05) is 19.3 Å². The number of hydrogen-bond donors (Lipinski definition) is 3. The second-order valence-electron chi connectivity index (χ2n) is 5.44. The number of carbonyl (C=O) groups is 2. The van der Waals surface area contributed by atoms with Crippen molar-refractivity contribution in [3.05, 3.63) is 0 Å². The Labute approximate surface area is 115 Å². The van der Waals surface area contributed by atoms with Crippen molar-refractivity contribution in [2.24, 2.45) is 11.7 Å². The van der Waals surface area contributed by atoms with Crippen molar-refractivity contribution < 1.29 is 9.59 Å². The van der Waals surface area contributed by atoms with E-state index in [0.717, 1.165) is 32.1 Å². The number of amides is 2. The molecule has 110 valence electrons. The van der Waals surface area contributed by atoms with Gasteiger partial charge in [0.2, 0.25) is 11.8 Å². The Balaban J connectivity index is 2.20. The molecule has 0 saturated heterocycles. The summed E-state index contributed by atoms with van der Waals surface area (Å²) in [5.41, 5.74) is 5.36. The normalized spacial score (nSPS) is 17.8. The average molecular weight is 269 g/mol. The van der Waals surface area contributed by atoms with Gasteiger partial charge in [0.25, 0.3) is 0 Å². The second-order valence-corrected chi connectivity index (χ2v) is 5.44. The van der Waals surface area contributed by atoms with Gasteiger partial charge in [0.05, 0.1) is 0 Å². The van der Waals surface area contributed by atoms with Crippen LogP contribution in [0.15, 0.2) is 0 Å². The van der Waals surface area contributed by atoms with Crippen molar-refractivity contribution in [2.45, 2.75) is 57.9 Å². The van der Waals surface area contributed by atoms with E-state index in [1.165, 1.54) is 6.42 Å². The summed E-state index contributed by atoms with van der Waals surface area (Å²) < 4.78 is 0. The van der Waals surface area contributed by atoms with Crippen molar-refractivity contribution >= 4 is 11.8 Å². The third-order valence-corrected chi connectivity index (χ3v) is 3.56. The molecule has 1 aliphatic rings. The summed E-state index contributed by atoms with van der Waals surface area (Å²) in [7, 11) is 0. The van der Waals surface area contributed by atoms with E-state index in [-0.39, 0.29) is 23.8 Å². The third kappa shape index (κ3) is 6.57. The highest BCUT2D eigenvalue weighted by molar-refractivity contribution is 5.81. The summed E-state index contributed by atoms with van der Waals surface area (Å²) in [5, 5.41) is 5.74. The molecule has 0 aromatic carbocycles. The van der Waals surface area contributed by atoms with Gasteiger partial charge < -0.3 is 16.4 Å². The average Bonchev–Trinajstić information content (AvgIpc) is 2.39. The van der Waals surface area contributed by atoms with Gasteiger partial charge in [-0.25, -0.2) is 0 Å². The molecule has 0 aromatic heterocycles. The highest BCUT2D eigenvalue weighted by Gasteiger charge is 2.22. The lowest BCUT2D eigenvalue weighted by molar-refractivity contribution is -0.127. The Morgan fingerprint density at radius 2 is 1.95 bits per heavy atom. The van der Waals surface area contributed by atoms with Crippen molar-refractivity contribution in [3.63, 3.8) is 0 Å². The molecule has 0 aliphatic heterocycles. The van der Waals surface area contributed by atoms with Crippen molar-refractivity contribution in [2.75, 3.05) is 13.1 Å². The second kappa shape index (κ2) is 8.91. The van der Waals surface area contributed by atoms with E-state index in [1.54, 1.807) is 0 Å². The van der Waals surface area contributed by atoms with Gasteiger partial charge in [-0.2, -0.15) is 0 Å². The summed E-state index contributed by atoms with van der Waals surface area (Å²) >= 11 is 0. The smallest absolute Gasteiger partial charge is 0.223 e. The van der Waals surface area contributed by atoms with Crippen LogP contribution in [0.2, 0.25) is 0 Å². The number of carbonyl (C=O) groups excluding carboxylic acids is 2. The quantitative estimate of drug-likeness (QED) is 0.601. The minimum Gasteiger partial charge on any atom is -0.356 e. The first-order valence-electron chi connectivity index (χ1n) is 7.40. The SMILES string of the molecule is CC(CC(=O)NCCCN)NC(=O)C1CCCCC1. The summed E-state index contributed by atoms with van der Waals surface area (Å²) in [6, 6.07) is -0.104. The Hall–Kier alpha value is -1.10. The highest BCUT2D eigenvalue weighted by Crippen LogP contribution is 2.23. The third-order valence-electron chi connectivity index (χ3n) is 3.56. The zero-order valence-electron chi connectivity index (χ0n) is 11.9. The summed E-state index contributed by atoms with van der Waals surface area (Å²) in [6.07, 6.45) is 6.63. The fraction of sp³-hybridized carbons (Fsp3) is 0.857. The highest BCUT2D eigenvalue weighted by atomic mass is 16.2. The van der Waals surface area contributed by atoms with Gasteiger partial charge in [0, 0.05) is 24.9 Å². The van der Waals surface area contributed by atoms with Crippen LogP contribution in [0.3, 0.4) is 0 Å². The van der Waals surface area contributed by atoms with Crippen LogP contribution >= 0.6 is 0 Å². The lowest BCUT2D eigenvalue weighted by atomic mass is 9.88. The van der Waals surface area contributed by atoms with Crippen molar-refractivity contribution in [3.8, 4) is 0 Å². The van der Waals surface area contributed by atoms with Gasteiger partial charge in [0.15, 0.2) is 0 Å². The van der Waals surface area contributed by atoms with E-state index in [0.29, 0.717) is 19.5 Å². The van der Waals surface area contributed by atoms with Gasteiger partial charge >= 0.3 is 0 Å². The maximum Gasteiger partial charge on any atom is 0.223 e. The molecule has 1 unspecified atom stereocenters. The fourth-order valence-corrected chi connectivity index (χ4v) is 2.46. The van der Waals surface area contributed by atoms with Gasteiger partial charge in [-0.15, -0.1) is 0 Å². The molecule has 5 nitrogen and oxygen atoms in total. The standard InChI is InChI=1S/C14H27N3O2/c1-11(10-13(18)16-9-5-8-15)17-14(19)12-6-3-2-4-7-12/h11-12H,2-10,15H2,1H3,(H,16,18)(H,17,19). The number of hydrogen-bond acceptors (Lipinski definition) is 3. The molecule has 0 heterocycles. The molecular weight excluding hydrogens is 242 g/mol. The van der Waals surface area contributed by atoms with Crippen LogP contribution < -0.4 is 16.4 Å². The molecule has 1 rings (SSSR count). The molecule has 0 radical (unpaired) electrons. The minimum atomic E-state index is -0.104. The number of nitrogens with two attached hydrogens (primary N) is 1. The molecule has 1 aliphatic carbocycles. The van der Waals surface area contributed by atoms with Gasteiger partial charge in [-0.05, 0) is 32.7 Å². The van der Waals surface area contributed by atoms with Gasteiger partial charge in [-0.3, -0.25) is 9.59 Å². The van der Waals surface area contributed by atoms with Crippen molar-refractivity contribution in [1.29, 1.82) is 0 Å². The maximum atomic E-state index is 12.0. The van der Waals surface area contributed by atoms with Crippen LogP contribution in [0.25, 0.3) is 0 Å². The Bertz CT molecular complexity index is 288. The monoisotopic (exact) mass is 269 g/mol. The Kier molecular flexibility index (Phi) is 7.48. The van der Waals surface area contributed by atoms with Gasteiger partial charge in [0.1, 0.15) is 0 Å². The summed E-state index contributed by atoms with van der Waals surface area (Å²) in [5.74, 6) is 0.239. The molecule has 1 fully saturated rings. The van der Waals surface area contributed by atoms with Crippen LogP contribution in [0, 0.1) is 5.92 Å².